The second-order valence-corrected chi connectivity index (χ2v) is 8.07. The van der Waals surface area contributed by atoms with Crippen molar-refractivity contribution in [1.82, 2.24) is 20.5 Å². The molecule has 9 nitrogen and oxygen atoms in total. The van der Waals surface area contributed by atoms with Gasteiger partial charge in [-0.05, 0) is 30.7 Å². The lowest BCUT2D eigenvalue weighted by molar-refractivity contribution is -0.385. The number of rotatable bonds is 4. The Morgan fingerprint density at radius 3 is 2.51 bits per heavy atom. The van der Waals surface area contributed by atoms with E-state index >= 15 is 0 Å². The number of nitro benzene ring substituents is 1. The first-order chi connectivity index (χ1) is 16.5. The van der Waals surface area contributed by atoms with Gasteiger partial charge in [0, 0.05) is 54.8 Å². The number of piperazine rings is 1. The first kappa shape index (κ1) is 24.1. The van der Waals surface area contributed by atoms with Gasteiger partial charge in [-0.15, -0.1) is 12.4 Å². The topological polar surface area (TPSA) is 124 Å². The molecule has 0 radical (unpaired) electrons. The molecule has 35 heavy (non-hydrogen) atoms. The van der Waals surface area contributed by atoms with Crippen LogP contribution in [0.1, 0.15) is 11.3 Å². The minimum atomic E-state index is -0.829. The van der Waals surface area contributed by atoms with Crippen LogP contribution in [-0.2, 0) is 0 Å². The van der Waals surface area contributed by atoms with Crippen LogP contribution in [0.5, 0.6) is 0 Å². The molecule has 0 unspecified atom stereocenters. The fourth-order valence-corrected chi connectivity index (χ4v) is 4.37. The summed E-state index contributed by atoms with van der Waals surface area (Å²) < 4.78 is 14.9. The molecule has 2 aromatic carbocycles. The summed E-state index contributed by atoms with van der Waals surface area (Å²) >= 11 is 0. The van der Waals surface area contributed by atoms with Crippen LogP contribution in [0.15, 0.2) is 42.5 Å². The van der Waals surface area contributed by atoms with E-state index < -0.39 is 10.7 Å². The number of nitro groups is 1. The number of halogens is 2. The number of nitriles is 1. The number of aromatic amines is 1. The summed E-state index contributed by atoms with van der Waals surface area (Å²) in [7, 11) is 0. The summed E-state index contributed by atoms with van der Waals surface area (Å²) in [6, 6.07) is 13.4. The van der Waals surface area contributed by atoms with Gasteiger partial charge in [0.05, 0.1) is 27.6 Å². The zero-order valence-corrected chi connectivity index (χ0v) is 19.5. The van der Waals surface area contributed by atoms with Gasteiger partial charge in [0.25, 0.3) is 5.69 Å². The van der Waals surface area contributed by atoms with E-state index in [-0.39, 0.29) is 34.9 Å². The molecule has 1 aliphatic heterocycles. The molecule has 2 N–H and O–H groups in total. The minimum absolute atomic E-state index is 0. The Morgan fingerprint density at radius 1 is 1.17 bits per heavy atom. The number of benzene rings is 2. The van der Waals surface area contributed by atoms with Crippen LogP contribution >= 0.6 is 12.4 Å². The first-order valence-electron chi connectivity index (χ1n) is 10.8. The van der Waals surface area contributed by atoms with Crippen LogP contribution < -0.4 is 10.2 Å². The molecule has 0 saturated carbocycles. The van der Waals surface area contributed by atoms with E-state index in [4.69, 9.17) is 0 Å². The van der Waals surface area contributed by atoms with Gasteiger partial charge in [-0.1, -0.05) is 12.1 Å². The number of hydrogen-bond acceptors (Lipinski definition) is 7. The van der Waals surface area contributed by atoms with E-state index in [9.17, 15) is 19.8 Å². The second-order valence-electron chi connectivity index (χ2n) is 8.07. The van der Waals surface area contributed by atoms with Gasteiger partial charge < -0.3 is 10.2 Å². The fraction of sp³-hybridized carbons (Fsp3) is 0.208. The molecule has 0 amide bonds. The van der Waals surface area contributed by atoms with E-state index in [1.165, 1.54) is 12.1 Å². The monoisotopic (exact) mass is 493 g/mol. The van der Waals surface area contributed by atoms with Crippen LogP contribution in [0.3, 0.4) is 0 Å². The number of aromatic nitrogens is 3. The predicted molar refractivity (Wildman–Crippen MR) is 133 cm³/mol. The molecule has 4 aromatic rings. The van der Waals surface area contributed by atoms with Gasteiger partial charge in [0.15, 0.2) is 5.65 Å². The number of fused-ring (bicyclic) bond motifs is 1. The molecule has 0 atom stereocenters. The highest BCUT2D eigenvalue weighted by Gasteiger charge is 2.24. The van der Waals surface area contributed by atoms with E-state index in [1.54, 1.807) is 0 Å². The third-order valence-corrected chi connectivity index (χ3v) is 6.05. The van der Waals surface area contributed by atoms with Crippen molar-refractivity contribution in [2.45, 2.75) is 6.92 Å². The van der Waals surface area contributed by atoms with Crippen molar-refractivity contribution in [3.63, 3.8) is 0 Å². The molecule has 5 rings (SSSR count). The molecule has 11 heteroatoms. The number of pyridine rings is 1. The maximum absolute atomic E-state index is 14.9. The number of nitrogens with zero attached hydrogens (tertiary/aromatic N) is 5. The Labute approximate surface area is 206 Å². The van der Waals surface area contributed by atoms with Crippen molar-refractivity contribution in [3.8, 4) is 28.5 Å². The van der Waals surface area contributed by atoms with Crippen molar-refractivity contribution < 1.29 is 9.31 Å². The first-order valence-corrected chi connectivity index (χ1v) is 10.8. The van der Waals surface area contributed by atoms with Crippen molar-refractivity contribution in [2.75, 3.05) is 31.1 Å². The maximum atomic E-state index is 14.9. The average Bonchev–Trinajstić information content (AvgIpc) is 3.23. The smallest absolute Gasteiger partial charge is 0.272 e. The van der Waals surface area contributed by atoms with Crippen molar-refractivity contribution in [3.05, 3.63) is 69.7 Å². The molecule has 2 aromatic heterocycles. The molecule has 0 bridgehead atoms. The highest BCUT2D eigenvalue weighted by atomic mass is 35.5. The fourth-order valence-electron chi connectivity index (χ4n) is 4.37. The van der Waals surface area contributed by atoms with Gasteiger partial charge in [0.2, 0.25) is 0 Å². The standard InChI is InChI=1S/C24H20FN7O2.ClH/c1-14-21-22(15-2-4-16(5-3-15)31-10-8-27-9-11-31)19(13-26)23(28-24(21)30-29-14)18-7-6-17(32(33)34)12-20(18)25;/h2-7,12,27H,8-11H2,1H3,(H,28,29,30);1H. The molecular weight excluding hydrogens is 473 g/mol. The molecule has 1 aliphatic rings. The minimum Gasteiger partial charge on any atom is -0.369 e. The summed E-state index contributed by atoms with van der Waals surface area (Å²) in [5, 5.41) is 32.3. The molecule has 3 heterocycles. The number of hydrogen-bond donors (Lipinski definition) is 2. The van der Waals surface area contributed by atoms with Crippen LogP contribution in [-0.4, -0.2) is 46.3 Å². The van der Waals surface area contributed by atoms with Gasteiger partial charge in [0.1, 0.15) is 11.9 Å². The summed E-state index contributed by atoms with van der Waals surface area (Å²) in [5.74, 6) is -0.829. The summed E-state index contributed by atoms with van der Waals surface area (Å²) in [4.78, 5) is 17.1. The molecule has 0 aliphatic carbocycles. The van der Waals surface area contributed by atoms with Crippen LogP contribution in [0.2, 0.25) is 0 Å². The molecular formula is C24H21ClFN7O2. The van der Waals surface area contributed by atoms with Gasteiger partial charge in [-0.3, -0.25) is 15.2 Å². The van der Waals surface area contributed by atoms with Gasteiger partial charge in [-0.2, -0.15) is 10.4 Å². The van der Waals surface area contributed by atoms with Crippen LogP contribution in [0.4, 0.5) is 15.8 Å². The number of aryl methyl sites for hydroxylation is 1. The molecule has 1 saturated heterocycles. The van der Waals surface area contributed by atoms with Crippen molar-refractivity contribution in [2.24, 2.45) is 0 Å². The zero-order chi connectivity index (χ0) is 23.8. The largest absolute Gasteiger partial charge is 0.369 e. The number of non-ortho nitro benzene ring substituents is 1. The van der Waals surface area contributed by atoms with Crippen LogP contribution in [0, 0.1) is 34.2 Å². The van der Waals surface area contributed by atoms with Gasteiger partial charge in [-0.25, -0.2) is 9.37 Å². The summed E-state index contributed by atoms with van der Waals surface area (Å²) in [6.45, 7) is 5.50. The molecule has 0 spiro atoms. The predicted octanol–water partition coefficient (Wildman–Crippen LogP) is 4.35. The Morgan fingerprint density at radius 2 is 1.89 bits per heavy atom. The Hall–Kier alpha value is -4.07. The molecule has 1 fully saturated rings. The number of H-pyrrole nitrogens is 1. The van der Waals surface area contributed by atoms with E-state index in [2.05, 4.69) is 31.5 Å². The Kier molecular flexibility index (Phi) is 6.64. The summed E-state index contributed by atoms with van der Waals surface area (Å²) in [6.07, 6.45) is 0. The van der Waals surface area contributed by atoms with E-state index in [0.717, 1.165) is 49.2 Å². The summed E-state index contributed by atoms with van der Waals surface area (Å²) in [5.41, 5.74) is 3.42. The average molecular weight is 494 g/mol. The number of nitrogens with one attached hydrogen (secondary N) is 2. The third kappa shape index (κ3) is 4.27. The van der Waals surface area contributed by atoms with E-state index in [1.807, 2.05) is 31.2 Å². The van der Waals surface area contributed by atoms with E-state index in [0.29, 0.717) is 16.6 Å². The number of anilines is 1. The van der Waals surface area contributed by atoms with Crippen LogP contribution in [0.25, 0.3) is 33.4 Å². The SMILES string of the molecule is Cc1[nH]nc2nc(-c3ccc([N+](=O)[O-])cc3F)c(C#N)c(-c3ccc(N4CCNCC4)cc3)c12.Cl. The Bertz CT molecular complexity index is 1460. The van der Waals surface area contributed by atoms with Crippen molar-refractivity contribution in [1.29, 1.82) is 5.26 Å². The lowest BCUT2D eigenvalue weighted by Gasteiger charge is -2.29. The zero-order valence-electron chi connectivity index (χ0n) is 18.7. The second kappa shape index (κ2) is 9.66. The molecule has 178 valence electrons. The highest BCUT2D eigenvalue weighted by Crippen LogP contribution is 2.39. The van der Waals surface area contributed by atoms with Gasteiger partial charge >= 0.3 is 0 Å². The maximum Gasteiger partial charge on any atom is 0.272 e. The lowest BCUT2D eigenvalue weighted by atomic mass is 9.93. The third-order valence-electron chi connectivity index (χ3n) is 6.05. The highest BCUT2D eigenvalue weighted by molar-refractivity contribution is 6.01. The Balaban J connectivity index is 0.00000289. The lowest BCUT2D eigenvalue weighted by Crippen LogP contribution is -2.43. The normalized spacial score (nSPS) is 13.3. The van der Waals surface area contributed by atoms with Crippen molar-refractivity contribution >= 4 is 34.8 Å². The quantitative estimate of drug-likeness (QED) is 0.320.